The maximum absolute atomic E-state index is 10.1. The number of rotatable bonds is 4. The molecule has 1 atom stereocenters. The lowest BCUT2D eigenvalue weighted by Crippen LogP contribution is -2.02. The zero-order valence-electron chi connectivity index (χ0n) is 10.1. The van der Waals surface area contributed by atoms with E-state index < -0.39 is 6.10 Å². The number of halogens is 1. The molecule has 1 unspecified atom stereocenters. The van der Waals surface area contributed by atoms with Gasteiger partial charge >= 0.3 is 0 Å². The second-order valence-corrected chi connectivity index (χ2v) is 4.56. The van der Waals surface area contributed by atoms with Gasteiger partial charge in [-0.15, -0.1) is 0 Å². The lowest BCUT2D eigenvalue weighted by atomic mass is 10.0. The molecule has 0 saturated carbocycles. The second kappa shape index (κ2) is 7.78. The molecule has 0 fully saturated rings. The SMILES string of the molecule is CCC#Cc1ccc(Br)cc1C(O)CCN=[N+]=[N-]. The summed E-state index contributed by atoms with van der Waals surface area (Å²) in [6.45, 7) is 2.24. The fraction of sp³-hybridized carbons (Fsp3) is 0.385. The summed E-state index contributed by atoms with van der Waals surface area (Å²) in [7, 11) is 0. The summed E-state index contributed by atoms with van der Waals surface area (Å²) in [5.74, 6) is 6.02. The van der Waals surface area contributed by atoms with Crippen LogP contribution >= 0.6 is 15.9 Å². The minimum atomic E-state index is -0.672. The summed E-state index contributed by atoms with van der Waals surface area (Å²) in [4.78, 5) is 2.67. The molecule has 0 aliphatic carbocycles. The molecule has 0 spiro atoms. The molecular weight excluding hydrogens is 294 g/mol. The Kier molecular flexibility index (Phi) is 6.31. The van der Waals surface area contributed by atoms with Crippen LogP contribution in [0.5, 0.6) is 0 Å². The molecule has 94 valence electrons. The molecular formula is C13H14BrN3O. The van der Waals surface area contributed by atoms with E-state index in [1.165, 1.54) is 0 Å². The fourth-order valence-corrected chi connectivity index (χ4v) is 1.87. The number of azide groups is 1. The third-order valence-corrected chi connectivity index (χ3v) is 2.83. The first-order valence-corrected chi connectivity index (χ1v) is 6.45. The number of aliphatic hydroxyl groups excluding tert-OH is 1. The van der Waals surface area contributed by atoms with Crippen molar-refractivity contribution in [3.63, 3.8) is 0 Å². The molecule has 0 amide bonds. The molecule has 1 rings (SSSR count). The molecule has 0 heterocycles. The van der Waals surface area contributed by atoms with Crippen LogP contribution in [0.3, 0.4) is 0 Å². The normalized spacial score (nSPS) is 11.1. The van der Waals surface area contributed by atoms with Crippen molar-refractivity contribution in [2.24, 2.45) is 5.11 Å². The van der Waals surface area contributed by atoms with E-state index in [9.17, 15) is 5.11 Å². The van der Waals surface area contributed by atoms with Crippen molar-refractivity contribution in [2.45, 2.75) is 25.9 Å². The zero-order valence-corrected chi connectivity index (χ0v) is 11.7. The molecule has 0 bridgehead atoms. The lowest BCUT2D eigenvalue weighted by Gasteiger charge is -2.12. The van der Waals surface area contributed by atoms with E-state index >= 15 is 0 Å². The Morgan fingerprint density at radius 1 is 1.56 bits per heavy atom. The highest BCUT2D eigenvalue weighted by atomic mass is 79.9. The number of aliphatic hydroxyl groups is 1. The van der Waals surface area contributed by atoms with E-state index in [2.05, 4.69) is 37.8 Å². The van der Waals surface area contributed by atoms with Gasteiger partial charge in [-0.3, -0.25) is 0 Å². The van der Waals surface area contributed by atoms with Gasteiger partial charge in [-0.2, -0.15) is 0 Å². The summed E-state index contributed by atoms with van der Waals surface area (Å²) in [6, 6.07) is 5.61. The summed E-state index contributed by atoms with van der Waals surface area (Å²) >= 11 is 3.37. The van der Waals surface area contributed by atoms with E-state index in [-0.39, 0.29) is 6.54 Å². The highest BCUT2D eigenvalue weighted by Gasteiger charge is 2.11. The smallest absolute Gasteiger partial charge is 0.0803 e. The van der Waals surface area contributed by atoms with E-state index in [1.54, 1.807) is 0 Å². The molecule has 0 aromatic heterocycles. The largest absolute Gasteiger partial charge is 0.388 e. The van der Waals surface area contributed by atoms with Gasteiger partial charge in [0.1, 0.15) is 0 Å². The average molecular weight is 308 g/mol. The maximum Gasteiger partial charge on any atom is 0.0803 e. The van der Waals surface area contributed by atoms with Gasteiger partial charge < -0.3 is 5.11 Å². The molecule has 0 saturated heterocycles. The minimum absolute atomic E-state index is 0.269. The van der Waals surface area contributed by atoms with Crippen molar-refractivity contribution in [2.75, 3.05) is 6.54 Å². The summed E-state index contributed by atoms with van der Waals surface area (Å²) in [5.41, 5.74) is 9.79. The first-order valence-electron chi connectivity index (χ1n) is 5.66. The van der Waals surface area contributed by atoms with E-state index in [4.69, 9.17) is 5.53 Å². The van der Waals surface area contributed by atoms with Gasteiger partial charge in [0.25, 0.3) is 0 Å². The number of hydrogen-bond acceptors (Lipinski definition) is 2. The first-order chi connectivity index (χ1) is 8.69. The molecule has 18 heavy (non-hydrogen) atoms. The molecule has 0 aliphatic heterocycles. The minimum Gasteiger partial charge on any atom is -0.388 e. The van der Waals surface area contributed by atoms with Crippen LogP contribution in [-0.4, -0.2) is 11.7 Å². The van der Waals surface area contributed by atoms with Crippen LogP contribution in [0.4, 0.5) is 0 Å². The number of benzene rings is 1. The fourth-order valence-electron chi connectivity index (χ4n) is 1.49. The van der Waals surface area contributed by atoms with Gasteiger partial charge in [-0.1, -0.05) is 39.8 Å². The Balaban J connectivity index is 2.96. The Morgan fingerprint density at radius 3 is 3.00 bits per heavy atom. The van der Waals surface area contributed by atoms with Crippen molar-refractivity contribution in [3.8, 4) is 11.8 Å². The summed E-state index contributed by atoms with van der Waals surface area (Å²) < 4.78 is 0.891. The molecule has 1 aromatic carbocycles. The van der Waals surface area contributed by atoms with Crippen LogP contribution in [0.2, 0.25) is 0 Å². The van der Waals surface area contributed by atoms with Crippen LogP contribution in [0, 0.1) is 11.8 Å². The van der Waals surface area contributed by atoms with Crippen LogP contribution in [-0.2, 0) is 0 Å². The molecule has 1 N–H and O–H groups in total. The van der Waals surface area contributed by atoms with Crippen molar-refractivity contribution >= 4 is 15.9 Å². The van der Waals surface area contributed by atoms with Gasteiger partial charge in [0.2, 0.25) is 0 Å². The second-order valence-electron chi connectivity index (χ2n) is 3.65. The average Bonchev–Trinajstić information content (AvgIpc) is 2.37. The van der Waals surface area contributed by atoms with Gasteiger partial charge in [-0.05, 0) is 35.7 Å². The van der Waals surface area contributed by atoms with Gasteiger partial charge in [0.15, 0.2) is 0 Å². The van der Waals surface area contributed by atoms with Gasteiger partial charge in [0.05, 0.1) is 6.10 Å². The van der Waals surface area contributed by atoms with Crippen molar-refractivity contribution in [1.29, 1.82) is 0 Å². The van der Waals surface area contributed by atoms with E-state index in [0.717, 1.165) is 22.0 Å². The van der Waals surface area contributed by atoms with Gasteiger partial charge in [-0.25, -0.2) is 0 Å². The summed E-state index contributed by atoms with van der Waals surface area (Å²) in [5, 5.41) is 13.5. The number of hydrogen-bond donors (Lipinski definition) is 1. The Hall–Kier alpha value is -1.47. The van der Waals surface area contributed by atoms with Crippen LogP contribution in [0.25, 0.3) is 10.4 Å². The molecule has 0 radical (unpaired) electrons. The monoisotopic (exact) mass is 307 g/mol. The molecule has 0 aliphatic rings. The topological polar surface area (TPSA) is 69.0 Å². The van der Waals surface area contributed by atoms with Crippen LogP contribution < -0.4 is 0 Å². The third kappa shape index (κ3) is 4.42. The highest BCUT2D eigenvalue weighted by Crippen LogP contribution is 2.24. The van der Waals surface area contributed by atoms with Gasteiger partial charge in [0, 0.05) is 27.9 Å². The highest BCUT2D eigenvalue weighted by molar-refractivity contribution is 9.10. The molecule has 4 nitrogen and oxygen atoms in total. The number of nitrogens with zero attached hydrogens (tertiary/aromatic N) is 3. The van der Waals surface area contributed by atoms with Crippen molar-refractivity contribution < 1.29 is 5.11 Å². The predicted octanol–water partition coefficient (Wildman–Crippen LogP) is 3.94. The Labute approximate surface area is 115 Å². The van der Waals surface area contributed by atoms with Crippen molar-refractivity contribution in [1.82, 2.24) is 0 Å². The van der Waals surface area contributed by atoms with Crippen molar-refractivity contribution in [3.05, 3.63) is 44.2 Å². The Bertz CT molecular complexity index is 513. The predicted molar refractivity (Wildman–Crippen MR) is 74.9 cm³/mol. The lowest BCUT2D eigenvalue weighted by molar-refractivity contribution is 0.170. The quantitative estimate of drug-likeness (QED) is 0.389. The van der Waals surface area contributed by atoms with Crippen LogP contribution in [0.15, 0.2) is 27.8 Å². The first kappa shape index (κ1) is 14.6. The maximum atomic E-state index is 10.1. The van der Waals surface area contributed by atoms with Crippen LogP contribution in [0.1, 0.15) is 37.0 Å². The molecule has 1 aromatic rings. The van der Waals surface area contributed by atoms with E-state index in [0.29, 0.717) is 6.42 Å². The Morgan fingerprint density at radius 2 is 2.33 bits per heavy atom. The zero-order chi connectivity index (χ0) is 13.4. The molecule has 5 heteroatoms. The third-order valence-electron chi connectivity index (χ3n) is 2.34. The summed E-state index contributed by atoms with van der Waals surface area (Å²) in [6.07, 6.45) is 0.486. The standard InChI is InChI=1S/C13H14BrN3O/c1-2-3-4-10-5-6-11(14)9-12(10)13(18)7-8-16-17-15/h5-6,9,13,18H,2,7-8H2,1H3. The van der Waals surface area contributed by atoms with E-state index in [1.807, 2.05) is 25.1 Å².